The third-order valence-corrected chi connectivity index (χ3v) is 7.02. The monoisotopic (exact) mass is 421 g/mol. The number of nitrogens with zero attached hydrogens (tertiary/aromatic N) is 4. The number of benzene rings is 1. The Morgan fingerprint density at radius 1 is 1.24 bits per heavy atom. The maximum absolute atomic E-state index is 13.0. The summed E-state index contributed by atoms with van der Waals surface area (Å²) in [5.74, 6) is 1.24. The molecule has 0 radical (unpaired) electrons. The first-order valence-corrected chi connectivity index (χ1v) is 11.6. The first-order chi connectivity index (χ1) is 13.8. The summed E-state index contributed by atoms with van der Waals surface area (Å²) in [5.41, 5.74) is 0.829. The molecule has 0 spiro atoms. The Morgan fingerprint density at radius 2 is 1.93 bits per heavy atom. The van der Waals surface area contributed by atoms with E-state index in [0.717, 1.165) is 17.2 Å². The Kier molecular flexibility index (Phi) is 5.50. The molecular formula is C19H24FN5O3S. The molecule has 2 aliphatic rings. The molecule has 2 unspecified atom stereocenters. The van der Waals surface area contributed by atoms with Crippen LogP contribution in [-0.4, -0.2) is 48.9 Å². The summed E-state index contributed by atoms with van der Waals surface area (Å²) in [6.07, 6.45) is 3.90. The van der Waals surface area contributed by atoms with E-state index >= 15 is 0 Å². The van der Waals surface area contributed by atoms with Crippen LogP contribution in [0.2, 0.25) is 0 Å². The smallest absolute Gasteiger partial charge is 0.243 e. The van der Waals surface area contributed by atoms with Crippen molar-refractivity contribution in [1.29, 1.82) is 0 Å². The number of carbonyl (C=O) groups is 1. The molecule has 10 heteroatoms. The second-order valence-electron chi connectivity index (χ2n) is 7.68. The molecule has 1 saturated heterocycles. The van der Waals surface area contributed by atoms with Gasteiger partial charge in [0.15, 0.2) is 0 Å². The van der Waals surface area contributed by atoms with Gasteiger partial charge in [0.1, 0.15) is 40.2 Å². The van der Waals surface area contributed by atoms with Gasteiger partial charge in [-0.3, -0.25) is 4.79 Å². The van der Waals surface area contributed by atoms with Gasteiger partial charge in [0.05, 0.1) is 0 Å². The SMILES string of the molecule is C[S+](=O)([O-])N1CCC(c2nnc3n2C(C(=O)NCc2ccc(F)cc2)CC3)CC1. The van der Waals surface area contributed by atoms with Crippen LogP contribution in [0.4, 0.5) is 4.39 Å². The quantitative estimate of drug-likeness (QED) is 0.739. The average Bonchev–Trinajstić information content (AvgIpc) is 3.29. The molecule has 3 heterocycles. The van der Waals surface area contributed by atoms with Gasteiger partial charge in [-0.1, -0.05) is 16.3 Å². The number of amides is 1. The highest BCUT2D eigenvalue weighted by atomic mass is 32.3. The Bertz CT molecular complexity index is 934. The number of rotatable bonds is 5. The molecule has 0 bridgehead atoms. The minimum atomic E-state index is -3.19. The van der Waals surface area contributed by atoms with Gasteiger partial charge in [-0.05, 0) is 37.0 Å². The highest BCUT2D eigenvalue weighted by Gasteiger charge is 2.37. The fourth-order valence-electron chi connectivity index (χ4n) is 4.12. The van der Waals surface area contributed by atoms with Crippen LogP contribution < -0.4 is 5.32 Å². The van der Waals surface area contributed by atoms with Crippen LogP contribution in [-0.2, 0) is 32.4 Å². The van der Waals surface area contributed by atoms with E-state index < -0.39 is 10.4 Å². The Hall–Kier alpha value is -2.17. The maximum Gasteiger partial charge on any atom is 0.243 e. The summed E-state index contributed by atoms with van der Waals surface area (Å²) in [6.45, 7) is 1.23. The van der Waals surface area contributed by atoms with Crippen LogP contribution in [0.1, 0.15) is 48.4 Å². The Balaban J connectivity index is 1.43. The molecule has 2 aromatic rings. The number of nitrogens with one attached hydrogen (secondary N) is 1. The van der Waals surface area contributed by atoms with Gasteiger partial charge < -0.3 is 14.4 Å². The van der Waals surface area contributed by atoms with Gasteiger partial charge in [-0.15, -0.1) is 14.5 Å². The lowest BCUT2D eigenvalue weighted by Crippen LogP contribution is -2.41. The van der Waals surface area contributed by atoms with Crippen LogP contribution in [0.15, 0.2) is 24.3 Å². The van der Waals surface area contributed by atoms with E-state index in [4.69, 9.17) is 0 Å². The van der Waals surface area contributed by atoms with Crippen LogP contribution in [0.5, 0.6) is 0 Å². The summed E-state index contributed by atoms with van der Waals surface area (Å²) in [5, 5.41) is 11.5. The number of aromatic nitrogens is 3. The Morgan fingerprint density at radius 3 is 2.59 bits per heavy atom. The molecule has 2 atom stereocenters. The second-order valence-corrected chi connectivity index (χ2v) is 9.66. The lowest BCUT2D eigenvalue weighted by molar-refractivity contribution is -0.124. The molecular weight excluding hydrogens is 397 g/mol. The topological polar surface area (TPSA) is 103 Å². The van der Waals surface area contributed by atoms with Crippen molar-refractivity contribution in [3.8, 4) is 0 Å². The summed E-state index contributed by atoms with van der Waals surface area (Å²) >= 11 is 0. The number of hydrogen-bond donors (Lipinski definition) is 1. The summed E-state index contributed by atoms with van der Waals surface area (Å²) in [6, 6.07) is 5.67. The van der Waals surface area contributed by atoms with Gasteiger partial charge in [-0.25, -0.2) is 4.39 Å². The van der Waals surface area contributed by atoms with Gasteiger partial charge in [0.2, 0.25) is 5.91 Å². The van der Waals surface area contributed by atoms with Crippen molar-refractivity contribution >= 4 is 16.3 Å². The van der Waals surface area contributed by atoms with Crippen molar-refractivity contribution in [1.82, 2.24) is 24.4 Å². The molecule has 1 aromatic heterocycles. The minimum absolute atomic E-state index is 0.0831. The zero-order valence-corrected chi connectivity index (χ0v) is 17.0. The molecule has 1 N–H and O–H groups in total. The fraction of sp³-hybridized carbons (Fsp3) is 0.526. The van der Waals surface area contributed by atoms with Crippen molar-refractivity contribution in [3.05, 3.63) is 47.3 Å². The number of sulfonamides is 1. The van der Waals surface area contributed by atoms with E-state index in [2.05, 4.69) is 15.5 Å². The first kappa shape index (κ1) is 20.1. The fourth-order valence-corrected chi connectivity index (χ4v) is 5.00. The van der Waals surface area contributed by atoms with Gasteiger partial charge in [0.25, 0.3) is 0 Å². The number of carbonyl (C=O) groups excluding carboxylic acids is 1. The normalized spacial score (nSPS) is 22.2. The van der Waals surface area contributed by atoms with Crippen LogP contribution in [0.25, 0.3) is 0 Å². The van der Waals surface area contributed by atoms with E-state index in [1.807, 2.05) is 4.57 Å². The number of fused-ring (bicyclic) bond motifs is 1. The Labute approximate surface area is 169 Å². The maximum atomic E-state index is 13.0. The van der Waals surface area contributed by atoms with E-state index in [0.29, 0.717) is 45.3 Å². The molecule has 156 valence electrons. The van der Waals surface area contributed by atoms with Crippen molar-refractivity contribution in [2.45, 2.75) is 44.2 Å². The van der Waals surface area contributed by atoms with E-state index in [-0.39, 0.29) is 23.7 Å². The van der Waals surface area contributed by atoms with Crippen molar-refractivity contribution in [2.75, 3.05) is 19.3 Å². The predicted molar refractivity (Wildman–Crippen MR) is 104 cm³/mol. The molecule has 0 saturated carbocycles. The molecule has 1 aromatic carbocycles. The highest BCUT2D eigenvalue weighted by molar-refractivity contribution is 7.94. The molecule has 2 aliphatic heterocycles. The van der Waals surface area contributed by atoms with Crippen molar-refractivity contribution in [2.24, 2.45) is 0 Å². The van der Waals surface area contributed by atoms with E-state index in [1.165, 1.54) is 22.7 Å². The molecule has 1 amide bonds. The lowest BCUT2D eigenvalue weighted by atomic mass is 9.97. The molecule has 8 nitrogen and oxygen atoms in total. The summed E-state index contributed by atoms with van der Waals surface area (Å²) in [7, 11) is -3.19. The third kappa shape index (κ3) is 4.24. The molecule has 0 aliphatic carbocycles. The van der Waals surface area contributed by atoms with E-state index in [1.54, 1.807) is 12.1 Å². The second kappa shape index (κ2) is 7.92. The number of aryl methyl sites for hydroxylation is 1. The lowest BCUT2D eigenvalue weighted by Gasteiger charge is -2.32. The van der Waals surface area contributed by atoms with Crippen LogP contribution >= 0.6 is 0 Å². The van der Waals surface area contributed by atoms with E-state index in [9.17, 15) is 17.9 Å². The van der Waals surface area contributed by atoms with Crippen molar-refractivity contribution < 1.29 is 17.9 Å². The largest absolute Gasteiger partial charge is 0.598 e. The molecule has 1 fully saturated rings. The average molecular weight is 421 g/mol. The summed E-state index contributed by atoms with van der Waals surface area (Å²) < 4.78 is 39.9. The highest BCUT2D eigenvalue weighted by Crippen LogP contribution is 2.34. The number of hydrogen-bond acceptors (Lipinski definition) is 5. The van der Waals surface area contributed by atoms with Gasteiger partial charge in [-0.2, -0.15) is 0 Å². The number of halogens is 1. The zero-order chi connectivity index (χ0) is 20.6. The first-order valence-electron chi connectivity index (χ1n) is 9.74. The van der Waals surface area contributed by atoms with Gasteiger partial charge in [0, 0.05) is 32.0 Å². The molecule has 29 heavy (non-hydrogen) atoms. The summed E-state index contributed by atoms with van der Waals surface area (Å²) in [4.78, 5) is 12.8. The zero-order valence-electron chi connectivity index (χ0n) is 16.2. The van der Waals surface area contributed by atoms with Gasteiger partial charge >= 0.3 is 0 Å². The van der Waals surface area contributed by atoms with Crippen molar-refractivity contribution in [3.63, 3.8) is 0 Å². The van der Waals surface area contributed by atoms with Crippen LogP contribution in [0, 0.1) is 5.82 Å². The molecule has 4 rings (SSSR count). The standard InChI is InChI=1S/C19H24FN5O3S/c1-29(27,28)24-10-8-14(9-11-24)18-23-22-17-7-6-16(25(17)18)19(26)21-12-13-2-4-15(20)5-3-13/h2-5,14,16H,6-12H2,1H3,(H-,21,26,27,28). The minimum Gasteiger partial charge on any atom is -0.598 e. The van der Waals surface area contributed by atoms with Crippen LogP contribution in [0.3, 0.4) is 0 Å². The predicted octanol–water partition coefficient (Wildman–Crippen LogP) is 1.57. The number of piperidine rings is 1. The third-order valence-electron chi connectivity index (χ3n) is 5.72.